The van der Waals surface area contributed by atoms with Gasteiger partial charge in [-0.25, -0.2) is 4.79 Å². The lowest BCUT2D eigenvalue weighted by atomic mass is 10.1. The van der Waals surface area contributed by atoms with Gasteiger partial charge in [-0.3, -0.25) is 0 Å². The third kappa shape index (κ3) is 3.23. The summed E-state index contributed by atoms with van der Waals surface area (Å²) in [6.07, 6.45) is 1.70. The molecule has 0 aliphatic rings. The predicted octanol–water partition coefficient (Wildman–Crippen LogP) is 3.44. The number of benzene rings is 1. The molecule has 0 aliphatic heterocycles. The summed E-state index contributed by atoms with van der Waals surface area (Å²) < 4.78 is 0. The number of hydrogen-bond acceptors (Lipinski definition) is 3. The number of rotatable bonds is 4. The van der Waals surface area contributed by atoms with E-state index in [2.05, 4.69) is 0 Å². The van der Waals surface area contributed by atoms with E-state index in [0.717, 1.165) is 16.1 Å². The molecule has 4 heteroatoms. The van der Waals surface area contributed by atoms with Gasteiger partial charge in [-0.1, -0.05) is 18.2 Å². The lowest BCUT2D eigenvalue weighted by molar-refractivity contribution is -0.130. The van der Waals surface area contributed by atoms with E-state index in [-0.39, 0.29) is 0 Å². The number of anilines is 1. The minimum Gasteiger partial charge on any atom is -0.478 e. The third-order valence-electron chi connectivity index (χ3n) is 2.74. The molecule has 1 aromatic carbocycles. The smallest absolute Gasteiger partial charge is 0.337 e. The third-order valence-corrected chi connectivity index (χ3v) is 3.64. The second kappa shape index (κ2) is 5.71. The van der Waals surface area contributed by atoms with Crippen LogP contribution in [0.25, 0.3) is 11.6 Å². The Morgan fingerprint density at radius 2 is 1.89 bits per heavy atom. The highest BCUT2D eigenvalue weighted by Crippen LogP contribution is 2.24. The summed E-state index contributed by atoms with van der Waals surface area (Å²) >= 11 is 1.43. The van der Waals surface area contributed by atoms with Crippen LogP contribution in [0, 0.1) is 0 Å². The molecule has 0 saturated heterocycles. The molecule has 0 fully saturated rings. The van der Waals surface area contributed by atoms with Crippen LogP contribution in [0.5, 0.6) is 0 Å². The van der Waals surface area contributed by atoms with Gasteiger partial charge in [0.05, 0.1) is 5.57 Å². The standard InChI is InChI=1S/C15H15NO2S/c1-16(2)12-7-5-11(6-8-12)10-13(15(17)18)14-4-3-9-19-14/h3-10H,1-2H3,(H,17,18)/b13-10+. The Bertz CT molecular complexity index is 583. The molecular formula is C15H15NO2S. The summed E-state index contributed by atoms with van der Waals surface area (Å²) in [5.41, 5.74) is 2.30. The Morgan fingerprint density at radius 3 is 2.37 bits per heavy atom. The van der Waals surface area contributed by atoms with Gasteiger partial charge >= 0.3 is 5.97 Å². The van der Waals surface area contributed by atoms with Crippen LogP contribution in [0.1, 0.15) is 10.4 Å². The number of carboxylic acids is 1. The van der Waals surface area contributed by atoms with Crippen molar-refractivity contribution in [2.45, 2.75) is 0 Å². The molecule has 98 valence electrons. The second-order valence-electron chi connectivity index (χ2n) is 4.33. The van der Waals surface area contributed by atoms with Gasteiger partial charge in [0.1, 0.15) is 0 Å². The van der Waals surface area contributed by atoms with Crippen LogP contribution < -0.4 is 4.90 Å². The number of hydrogen-bond donors (Lipinski definition) is 1. The Morgan fingerprint density at radius 1 is 1.21 bits per heavy atom. The zero-order valence-corrected chi connectivity index (χ0v) is 11.6. The van der Waals surface area contributed by atoms with Crippen molar-refractivity contribution in [2.75, 3.05) is 19.0 Å². The minimum atomic E-state index is -0.904. The van der Waals surface area contributed by atoms with E-state index < -0.39 is 5.97 Å². The Balaban J connectivity index is 2.34. The number of nitrogens with zero attached hydrogens (tertiary/aromatic N) is 1. The molecule has 1 heterocycles. The molecule has 0 radical (unpaired) electrons. The van der Waals surface area contributed by atoms with Crippen LogP contribution in [0.2, 0.25) is 0 Å². The first-order chi connectivity index (χ1) is 9.08. The highest BCUT2D eigenvalue weighted by molar-refractivity contribution is 7.11. The zero-order chi connectivity index (χ0) is 13.8. The van der Waals surface area contributed by atoms with Gasteiger partial charge in [-0.2, -0.15) is 0 Å². The predicted molar refractivity (Wildman–Crippen MR) is 80.6 cm³/mol. The molecule has 19 heavy (non-hydrogen) atoms. The van der Waals surface area contributed by atoms with Crippen LogP contribution in [-0.4, -0.2) is 25.2 Å². The van der Waals surface area contributed by atoms with E-state index in [0.29, 0.717) is 5.57 Å². The van der Waals surface area contributed by atoms with Crippen LogP contribution in [0.4, 0.5) is 5.69 Å². The van der Waals surface area contributed by atoms with Crippen molar-refractivity contribution in [3.8, 4) is 0 Å². The summed E-state index contributed by atoms with van der Waals surface area (Å²) in [6.45, 7) is 0. The number of carbonyl (C=O) groups is 1. The first kappa shape index (κ1) is 13.4. The van der Waals surface area contributed by atoms with Gasteiger partial charge in [0.2, 0.25) is 0 Å². The average molecular weight is 273 g/mol. The molecule has 0 atom stereocenters. The minimum absolute atomic E-state index is 0.326. The number of thiophene rings is 1. The molecule has 0 amide bonds. The molecule has 3 nitrogen and oxygen atoms in total. The van der Waals surface area contributed by atoms with Crippen molar-refractivity contribution >= 4 is 34.6 Å². The van der Waals surface area contributed by atoms with E-state index in [1.54, 1.807) is 6.08 Å². The van der Waals surface area contributed by atoms with Gasteiger partial charge in [0, 0.05) is 24.7 Å². The fourth-order valence-electron chi connectivity index (χ4n) is 1.71. The molecule has 0 bridgehead atoms. The maximum absolute atomic E-state index is 11.3. The van der Waals surface area contributed by atoms with Crippen LogP contribution >= 0.6 is 11.3 Å². The summed E-state index contributed by atoms with van der Waals surface area (Å²) in [5, 5.41) is 11.2. The van der Waals surface area contributed by atoms with Crippen molar-refractivity contribution in [1.29, 1.82) is 0 Å². The highest BCUT2D eigenvalue weighted by Gasteiger charge is 2.11. The van der Waals surface area contributed by atoms with Crippen molar-refractivity contribution in [1.82, 2.24) is 0 Å². The topological polar surface area (TPSA) is 40.5 Å². The lowest BCUT2D eigenvalue weighted by Crippen LogP contribution is -2.07. The molecule has 0 aliphatic carbocycles. The normalized spacial score (nSPS) is 11.4. The van der Waals surface area contributed by atoms with E-state index in [1.165, 1.54) is 11.3 Å². The van der Waals surface area contributed by atoms with Crippen molar-refractivity contribution in [3.05, 3.63) is 52.2 Å². The number of aliphatic carboxylic acids is 1. The SMILES string of the molecule is CN(C)c1ccc(/C=C(/C(=O)O)c2cccs2)cc1. The number of carboxylic acid groups (broad SMARTS) is 1. The lowest BCUT2D eigenvalue weighted by Gasteiger charge is -2.12. The van der Waals surface area contributed by atoms with Gasteiger partial charge in [-0.15, -0.1) is 11.3 Å². The van der Waals surface area contributed by atoms with Crippen molar-refractivity contribution in [3.63, 3.8) is 0 Å². The molecule has 1 aromatic heterocycles. The quantitative estimate of drug-likeness (QED) is 0.867. The van der Waals surface area contributed by atoms with Crippen LogP contribution in [0.15, 0.2) is 41.8 Å². The summed E-state index contributed by atoms with van der Waals surface area (Å²) in [5.74, 6) is -0.904. The first-order valence-electron chi connectivity index (χ1n) is 5.84. The van der Waals surface area contributed by atoms with Gasteiger partial charge in [-0.05, 0) is 35.2 Å². The Kier molecular flexibility index (Phi) is 4.02. The fourth-order valence-corrected chi connectivity index (χ4v) is 2.44. The summed E-state index contributed by atoms with van der Waals surface area (Å²) in [4.78, 5) is 14.1. The Hall–Kier alpha value is -2.07. The van der Waals surface area contributed by atoms with E-state index in [4.69, 9.17) is 0 Å². The maximum atomic E-state index is 11.3. The van der Waals surface area contributed by atoms with Gasteiger partial charge < -0.3 is 10.0 Å². The molecular weight excluding hydrogens is 258 g/mol. The average Bonchev–Trinajstić information content (AvgIpc) is 2.89. The monoisotopic (exact) mass is 273 g/mol. The van der Waals surface area contributed by atoms with Crippen molar-refractivity contribution < 1.29 is 9.90 Å². The summed E-state index contributed by atoms with van der Waals surface area (Å²) in [6, 6.07) is 11.5. The van der Waals surface area contributed by atoms with Crippen LogP contribution in [0.3, 0.4) is 0 Å². The molecule has 0 saturated carbocycles. The zero-order valence-electron chi connectivity index (χ0n) is 10.8. The van der Waals surface area contributed by atoms with E-state index in [9.17, 15) is 9.90 Å². The van der Waals surface area contributed by atoms with Gasteiger partial charge in [0.15, 0.2) is 0 Å². The summed E-state index contributed by atoms with van der Waals surface area (Å²) in [7, 11) is 3.94. The molecule has 2 rings (SSSR count). The molecule has 0 unspecified atom stereocenters. The van der Waals surface area contributed by atoms with E-state index in [1.807, 2.05) is 60.8 Å². The largest absolute Gasteiger partial charge is 0.478 e. The molecule has 1 N–H and O–H groups in total. The first-order valence-corrected chi connectivity index (χ1v) is 6.72. The van der Waals surface area contributed by atoms with Crippen LogP contribution in [-0.2, 0) is 4.79 Å². The van der Waals surface area contributed by atoms with Crippen molar-refractivity contribution in [2.24, 2.45) is 0 Å². The van der Waals surface area contributed by atoms with E-state index >= 15 is 0 Å². The second-order valence-corrected chi connectivity index (χ2v) is 5.27. The highest BCUT2D eigenvalue weighted by atomic mass is 32.1. The fraction of sp³-hybridized carbons (Fsp3) is 0.133. The maximum Gasteiger partial charge on any atom is 0.337 e. The molecule has 0 spiro atoms. The molecule has 2 aromatic rings. The van der Waals surface area contributed by atoms with Gasteiger partial charge in [0.25, 0.3) is 0 Å². The Labute approximate surface area is 116 Å².